The van der Waals surface area contributed by atoms with Crippen molar-refractivity contribution in [2.75, 3.05) is 25.0 Å². The molecule has 1 saturated carbocycles. The summed E-state index contributed by atoms with van der Waals surface area (Å²) in [5.41, 5.74) is 2.25. The second-order valence-corrected chi connectivity index (χ2v) is 6.76. The molecule has 2 aliphatic rings. The van der Waals surface area contributed by atoms with Gasteiger partial charge in [0, 0.05) is 24.2 Å². The lowest BCUT2D eigenvalue weighted by atomic mass is 9.82. The number of amides is 2. The highest BCUT2D eigenvalue weighted by molar-refractivity contribution is 5.90. The van der Waals surface area contributed by atoms with Crippen LogP contribution in [0.4, 0.5) is 10.5 Å². The quantitative estimate of drug-likeness (QED) is 0.901. The molecule has 2 fully saturated rings. The van der Waals surface area contributed by atoms with Crippen LogP contribution in [0.5, 0.6) is 0 Å². The Balaban J connectivity index is 1.72. The molecular weight excluding hydrogens is 290 g/mol. The molecule has 2 atom stereocenters. The number of aryl methyl sites for hydroxylation is 1. The van der Waals surface area contributed by atoms with Gasteiger partial charge in [-0.1, -0.05) is 13.3 Å². The van der Waals surface area contributed by atoms with Crippen molar-refractivity contribution in [1.29, 1.82) is 5.26 Å². The summed E-state index contributed by atoms with van der Waals surface area (Å²) >= 11 is 0. The van der Waals surface area contributed by atoms with Gasteiger partial charge in [-0.3, -0.25) is 0 Å². The Morgan fingerprint density at radius 3 is 3.04 bits per heavy atom. The second-order valence-electron chi connectivity index (χ2n) is 6.76. The molecule has 1 aliphatic carbocycles. The number of anilines is 1. The third-order valence-electron chi connectivity index (χ3n) is 5.50. The van der Waals surface area contributed by atoms with Gasteiger partial charge in [0.1, 0.15) is 0 Å². The Labute approximate surface area is 136 Å². The van der Waals surface area contributed by atoms with Gasteiger partial charge >= 0.3 is 6.03 Å². The fourth-order valence-corrected chi connectivity index (χ4v) is 4.10. The maximum atomic E-state index is 12.6. The number of fused-ring (bicyclic) bond motifs is 1. The van der Waals surface area contributed by atoms with Gasteiger partial charge in [0.05, 0.1) is 18.2 Å². The normalized spacial score (nSPS) is 26.0. The zero-order chi connectivity index (χ0) is 16.4. The van der Waals surface area contributed by atoms with Crippen molar-refractivity contribution in [1.82, 2.24) is 4.90 Å². The third-order valence-corrected chi connectivity index (χ3v) is 5.50. The van der Waals surface area contributed by atoms with E-state index in [1.54, 1.807) is 12.1 Å². The van der Waals surface area contributed by atoms with Crippen molar-refractivity contribution >= 4 is 11.7 Å². The molecule has 0 spiro atoms. The Morgan fingerprint density at radius 2 is 2.39 bits per heavy atom. The van der Waals surface area contributed by atoms with E-state index in [0.29, 0.717) is 18.0 Å². The average molecular weight is 313 g/mol. The topological polar surface area (TPSA) is 76.4 Å². The van der Waals surface area contributed by atoms with Crippen molar-refractivity contribution < 1.29 is 9.90 Å². The number of rotatable bonds is 3. The number of nitrogens with one attached hydrogen (secondary N) is 1. The molecule has 1 aromatic carbocycles. The molecule has 1 aromatic rings. The molecule has 0 radical (unpaired) electrons. The van der Waals surface area contributed by atoms with Crippen LogP contribution in [-0.2, 0) is 6.42 Å². The van der Waals surface area contributed by atoms with Crippen molar-refractivity contribution in [2.45, 2.75) is 32.6 Å². The standard InChI is InChI=1S/C18H23N3O2/c1-2-14-8-13(9-19)5-6-16(14)20-17(23)21-10-15-4-3-7-18(15,11-21)12-22/h5-6,8,15,22H,2-4,7,10-12H2,1H3,(H,20,23)/t15-,18+/m0/s1. The lowest BCUT2D eigenvalue weighted by Gasteiger charge is -2.26. The summed E-state index contributed by atoms with van der Waals surface area (Å²) in [4.78, 5) is 14.4. The first kappa shape index (κ1) is 15.8. The van der Waals surface area contributed by atoms with Crippen LogP contribution in [0.25, 0.3) is 0 Å². The fraction of sp³-hybridized carbons (Fsp3) is 0.556. The largest absolute Gasteiger partial charge is 0.396 e. The number of nitriles is 1. The minimum atomic E-state index is -0.105. The zero-order valence-electron chi connectivity index (χ0n) is 13.5. The van der Waals surface area contributed by atoms with E-state index in [0.717, 1.165) is 43.5 Å². The summed E-state index contributed by atoms with van der Waals surface area (Å²) in [6, 6.07) is 7.37. The van der Waals surface area contributed by atoms with Crippen molar-refractivity contribution in [3.8, 4) is 6.07 Å². The summed E-state index contributed by atoms with van der Waals surface area (Å²) in [5, 5.41) is 21.7. The lowest BCUT2D eigenvalue weighted by molar-refractivity contribution is 0.114. The van der Waals surface area contributed by atoms with Gasteiger partial charge in [-0.15, -0.1) is 0 Å². The van der Waals surface area contributed by atoms with E-state index < -0.39 is 0 Å². The van der Waals surface area contributed by atoms with E-state index >= 15 is 0 Å². The van der Waals surface area contributed by atoms with Crippen LogP contribution in [0.1, 0.15) is 37.3 Å². The minimum Gasteiger partial charge on any atom is -0.396 e. The summed E-state index contributed by atoms with van der Waals surface area (Å²) in [6.45, 7) is 3.54. The van der Waals surface area contributed by atoms with Gasteiger partial charge in [-0.05, 0) is 48.9 Å². The SMILES string of the molecule is CCc1cc(C#N)ccc1NC(=O)N1C[C@@H]2CCC[C@]2(CO)C1. The Morgan fingerprint density at radius 1 is 1.57 bits per heavy atom. The molecule has 1 heterocycles. The molecular formula is C18H23N3O2. The number of urea groups is 1. The van der Waals surface area contributed by atoms with E-state index in [4.69, 9.17) is 5.26 Å². The first-order valence-corrected chi connectivity index (χ1v) is 8.31. The summed E-state index contributed by atoms with van der Waals surface area (Å²) < 4.78 is 0. The predicted octanol–water partition coefficient (Wildman–Crippen LogP) is 2.75. The van der Waals surface area contributed by atoms with Crippen molar-refractivity contribution in [3.63, 3.8) is 0 Å². The number of carbonyl (C=O) groups excluding carboxylic acids is 1. The number of aliphatic hydroxyl groups excluding tert-OH is 1. The highest BCUT2D eigenvalue weighted by Crippen LogP contribution is 2.48. The Kier molecular flexibility index (Phi) is 4.27. The molecule has 122 valence electrons. The van der Waals surface area contributed by atoms with E-state index in [1.807, 2.05) is 17.9 Å². The van der Waals surface area contributed by atoms with Crippen molar-refractivity contribution in [3.05, 3.63) is 29.3 Å². The van der Waals surface area contributed by atoms with Crippen LogP contribution in [-0.4, -0.2) is 35.7 Å². The summed E-state index contributed by atoms with van der Waals surface area (Å²) in [6.07, 6.45) is 4.01. The number of nitrogens with zero attached hydrogens (tertiary/aromatic N) is 2. The number of likely N-dealkylation sites (tertiary alicyclic amines) is 1. The Hall–Kier alpha value is -2.06. The second kappa shape index (κ2) is 6.21. The summed E-state index contributed by atoms with van der Waals surface area (Å²) in [7, 11) is 0. The van der Waals surface area contributed by atoms with E-state index in [1.165, 1.54) is 0 Å². The molecule has 2 N–H and O–H groups in total. The molecule has 2 amide bonds. The van der Waals surface area contributed by atoms with Gasteiger partial charge in [-0.2, -0.15) is 5.26 Å². The molecule has 0 aromatic heterocycles. The monoisotopic (exact) mass is 313 g/mol. The number of benzene rings is 1. The van der Waals surface area contributed by atoms with Crippen molar-refractivity contribution in [2.24, 2.45) is 11.3 Å². The lowest BCUT2D eigenvalue weighted by Crippen LogP contribution is -2.36. The van der Waals surface area contributed by atoms with E-state index in [9.17, 15) is 9.90 Å². The van der Waals surface area contributed by atoms with Gasteiger partial charge in [-0.25, -0.2) is 4.79 Å². The molecule has 3 rings (SSSR count). The van der Waals surface area contributed by atoms with Gasteiger partial charge in [0.25, 0.3) is 0 Å². The van der Waals surface area contributed by atoms with Gasteiger partial charge < -0.3 is 15.3 Å². The molecule has 5 heteroatoms. The first-order chi connectivity index (χ1) is 11.1. The highest BCUT2D eigenvalue weighted by Gasteiger charge is 2.50. The highest BCUT2D eigenvalue weighted by atomic mass is 16.3. The molecule has 0 bridgehead atoms. The Bertz CT molecular complexity index is 652. The van der Waals surface area contributed by atoms with E-state index in [-0.39, 0.29) is 18.1 Å². The number of hydrogen-bond donors (Lipinski definition) is 2. The average Bonchev–Trinajstić information content (AvgIpc) is 3.12. The predicted molar refractivity (Wildman–Crippen MR) is 88.0 cm³/mol. The maximum absolute atomic E-state index is 12.6. The van der Waals surface area contributed by atoms with Gasteiger partial charge in [0.15, 0.2) is 0 Å². The number of aliphatic hydroxyl groups is 1. The molecule has 0 unspecified atom stereocenters. The first-order valence-electron chi connectivity index (χ1n) is 8.31. The van der Waals surface area contributed by atoms with Crippen LogP contribution < -0.4 is 5.32 Å². The number of hydrogen-bond acceptors (Lipinski definition) is 3. The fourth-order valence-electron chi connectivity index (χ4n) is 4.10. The minimum absolute atomic E-state index is 0.0877. The van der Waals surface area contributed by atoms with Crippen LogP contribution >= 0.6 is 0 Å². The molecule has 5 nitrogen and oxygen atoms in total. The summed E-state index contributed by atoms with van der Waals surface area (Å²) in [5.74, 6) is 0.421. The smallest absolute Gasteiger partial charge is 0.321 e. The van der Waals surface area contributed by atoms with Crippen LogP contribution in [0.2, 0.25) is 0 Å². The van der Waals surface area contributed by atoms with Gasteiger partial charge in [0.2, 0.25) is 0 Å². The third kappa shape index (κ3) is 2.79. The zero-order valence-corrected chi connectivity index (χ0v) is 13.5. The van der Waals surface area contributed by atoms with Crippen LogP contribution in [0.15, 0.2) is 18.2 Å². The van der Waals surface area contributed by atoms with Crippen LogP contribution in [0.3, 0.4) is 0 Å². The maximum Gasteiger partial charge on any atom is 0.321 e. The molecule has 1 aliphatic heterocycles. The molecule has 1 saturated heterocycles. The number of carbonyl (C=O) groups is 1. The van der Waals surface area contributed by atoms with Crippen LogP contribution in [0, 0.1) is 22.7 Å². The molecule has 23 heavy (non-hydrogen) atoms. The van der Waals surface area contributed by atoms with E-state index in [2.05, 4.69) is 11.4 Å².